The van der Waals surface area contributed by atoms with Gasteiger partial charge in [-0.3, -0.25) is 0 Å². The molecule has 0 heterocycles. The first kappa shape index (κ1) is 12.7. The number of allylic oxidation sites excluding steroid dienone is 6. The van der Waals surface area contributed by atoms with Crippen molar-refractivity contribution in [2.24, 2.45) is 0 Å². The van der Waals surface area contributed by atoms with E-state index < -0.39 is 0 Å². The fraction of sp³-hybridized carbons (Fsp3) is 0.500. The Bertz CT molecular complexity index is 126. The van der Waals surface area contributed by atoms with Gasteiger partial charge in [0.1, 0.15) is 0 Å². The van der Waals surface area contributed by atoms with Crippen molar-refractivity contribution in [1.82, 2.24) is 0 Å². The minimum absolute atomic E-state index is 0. The zero-order valence-corrected chi connectivity index (χ0v) is 9.01. The summed E-state index contributed by atoms with van der Waals surface area (Å²) in [5, 5.41) is 0. The van der Waals surface area contributed by atoms with Crippen LogP contribution < -0.4 is 0 Å². The molecule has 76 valence electrons. The molecular weight excluding hydrogens is 203 g/mol. The molecule has 0 radical (unpaired) electrons. The van der Waals surface area contributed by atoms with Crippen molar-refractivity contribution in [2.45, 2.75) is 38.5 Å². The summed E-state index contributed by atoms with van der Waals surface area (Å²) < 4.78 is 0. The third-order valence-electron chi connectivity index (χ3n) is 2.00. The van der Waals surface area contributed by atoms with Crippen LogP contribution in [0.25, 0.3) is 0 Å². The second kappa shape index (κ2) is 9.80. The van der Waals surface area contributed by atoms with Crippen LogP contribution >= 0.6 is 0 Å². The van der Waals surface area contributed by atoms with E-state index in [1.54, 1.807) is 0 Å². The molecule has 0 saturated heterocycles. The van der Waals surface area contributed by atoms with Crippen LogP contribution in [0.2, 0.25) is 0 Å². The van der Waals surface area contributed by atoms with E-state index in [2.05, 4.69) is 36.5 Å². The second-order valence-electron chi connectivity index (χ2n) is 3.15. The number of hydrogen-bond donors (Lipinski definition) is 0. The predicted octanol–water partition coefficient (Wildman–Crippen LogP) is 4.01. The smallest absolute Gasteiger partial charge is 0 e. The molecule has 0 saturated carbocycles. The Hall–Kier alpha value is -0.286. The van der Waals surface area contributed by atoms with Crippen molar-refractivity contribution in [2.75, 3.05) is 0 Å². The predicted molar refractivity (Wildman–Crippen MR) is 55.1 cm³/mol. The third-order valence-corrected chi connectivity index (χ3v) is 2.00. The van der Waals surface area contributed by atoms with Gasteiger partial charge in [0.25, 0.3) is 0 Å². The van der Waals surface area contributed by atoms with E-state index in [4.69, 9.17) is 0 Å². The van der Waals surface area contributed by atoms with Crippen LogP contribution in [0.15, 0.2) is 36.5 Å². The topological polar surface area (TPSA) is 0 Å². The minimum atomic E-state index is 0. The van der Waals surface area contributed by atoms with Gasteiger partial charge in [-0.1, -0.05) is 36.5 Å². The molecule has 0 unspecified atom stereocenters. The van der Waals surface area contributed by atoms with Crippen molar-refractivity contribution in [1.29, 1.82) is 0 Å². The first-order valence-electron chi connectivity index (χ1n) is 4.95. The third kappa shape index (κ3) is 8.05. The molecule has 1 rings (SSSR count). The van der Waals surface area contributed by atoms with E-state index in [0.717, 1.165) is 0 Å². The van der Waals surface area contributed by atoms with Gasteiger partial charge in [0.05, 0.1) is 0 Å². The van der Waals surface area contributed by atoms with Gasteiger partial charge in [0.15, 0.2) is 0 Å². The fourth-order valence-electron chi connectivity index (χ4n) is 1.28. The molecule has 13 heavy (non-hydrogen) atoms. The number of hydrogen-bond acceptors (Lipinski definition) is 0. The van der Waals surface area contributed by atoms with Gasteiger partial charge >= 0.3 is 0 Å². The molecular formula is C12H18Ni. The molecule has 0 bridgehead atoms. The van der Waals surface area contributed by atoms with E-state index >= 15 is 0 Å². The maximum atomic E-state index is 2.29. The summed E-state index contributed by atoms with van der Waals surface area (Å²) >= 11 is 0. The quantitative estimate of drug-likeness (QED) is 0.428. The largest absolute Gasteiger partial charge is 0.0882 e. The molecule has 0 aromatic carbocycles. The van der Waals surface area contributed by atoms with Gasteiger partial charge in [0, 0.05) is 16.5 Å². The molecule has 0 atom stereocenters. The Labute approximate surface area is 91.7 Å². The second-order valence-corrected chi connectivity index (χ2v) is 3.15. The molecule has 1 aliphatic rings. The van der Waals surface area contributed by atoms with Crippen LogP contribution in [0.4, 0.5) is 0 Å². The molecule has 0 fully saturated rings. The average Bonchev–Trinajstić information content (AvgIpc) is 2.05. The zero-order valence-electron chi connectivity index (χ0n) is 8.02. The van der Waals surface area contributed by atoms with Gasteiger partial charge in [-0.15, -0.1) is 0 Å². The number of rotatable bonds is 0. The first-order valence-corrected chi connectivity index (χ1v) is 4.95. The van der Waals surface area contributed by atoms with Gasteiger partial charge in [-0.2, -0.15) is 0 Å². The Morgan fingerprint density at radius 1 is 0.385 bits per heavy atom. The van der Waals surface area contributed by atoms with Crippen molar-refractivity contribution >= 4 is 0 Å². The summed E-state index contributed by atoms with van der Waals surface area (Å²) in [6, 6.07) is 0. The summed E-state index contributed by atoms with van der Waals surface area (Å²) in [4.78, 5) is 0. The zero-order chi connectivity index (χ0) is 8.49. The normalized spacial score (nSPS) is 23.4. The summed E-state index contributed by atoms with van der Waals surface area (Å²) in [7, 11) is 0. The van der Waals surface area contributed by atoms with Crippen LogP contribution in [-0.2, 0) is 16.5 Å². The molecule has 0 aromatic heterocycles. The molecule has 0 spiro atoms. The summed E-state index contributed by atoms with van der Waals surface area (Å²) in [6.07, 6.45) is 21.0. The Balaban J connectivity index is 0.00000144. The summed E-state index contributed by atoms with van der Waals surface area (Å²) in [5.41, 5.74) is 0. The monoisotopic (exact) mass is 220 g/mol. The average molecular weight is 221 g/mol. The summed E-state index contributed by atoms with van der Waals surface area (Å²) in [5.74, 6) is 0. The van der Waals surface area contributed by atoms with Crippen LogP contribution in [-0.4, -0.2) is 0 Å². The van der Waals surface area contributed by atoms with E-state index in [-0.39, 0.29) is 16.5 Å². The van der Waals surface area contributed by atoms with Crippen LogP contribution in [0.5, 0.6) is 0 Å². The fourth-order valence-corrected chi connectivity index (χ4v) is 1.28. The Morgan fingerprint density at radius 2 is 0.538 bits per heavy atom. The van der Waals surface area contributed by atoms with Gasteiger partial charge in [-0.25, -0.2) is 0 Å². The van der Waals surface area contributed by atoms with Gasteiger partial charge < -0.3 is 0 Å². The molecule has 0 amide bonds. The van der Waals surface area contributed by atoms with E-state index in [1.807, 2.05) is 0 Å². The Morgan fingerprint density at radius 3 is 0.692 bits per heavy atom. The summed E-state index contributed by atoms with van der Waals surface area (Å²) in [6.45, 7) is 0. The van der Waals surface area contributed by atoms with Gasteiger partial charge in [-0.05, 0) is 38.5 Å². The van der Waals surface area contributed by atoms with E-state index in [9.17, 15) is 0 Å². The maximum absolute atomic E-state index is 2.29. The van der Waals surface area contributed by atoms with E-state index in [1.165, 1.54) is 38.5 Å². The van der Waals surface area contributed by atoms with Crippen LogP contribution in [0, 0.1) is 0 Å². The standard InChI is InChI=1S/C12H18.Ni/c1-2-4-6-8-10-12-11-9-7-5-3-1;/h1-2,7-10H,3-6,11-12H2;/b2-1-,9-7-,10-8?;. The van der Waals surface area contributed by atoms with E-state index in [0.29, 0.717) is 0 Å². The van der Waals surface area contributed by atoms with Crippen LogP contribution in [0.3, 0.4) is 0 Å². The molecule has 1 aliphatic carbocycles. The SMILES string of the molecule is C1=CCC/C=C\CC/C=C\CC1.[Ni]. The maximum Gasteiger partial charge on any atom is 0 e. The molecule has 0 aliphatic heterocycles. The molecule has 1 heteroatoms. The van der Waals surface area contributed by atoms with Crippen molar-refractivity contribution in [3.05, 3.63) is 36.5 Å². The minimum Gasteiger partial charge on any atom is -0.0882 e. The first-order chi connectivity index (χ1) is 6.00. The van der Waals surface area contributed by atoms with Crippen molar-refractivity contribution in [3.63, 3.8) is 0 Å². The van der Waals surface area contributed by atoms with Gasteiger partial charge in [0.2, 0.25) is 0 Å². The van der Waals surface area contributed by atoms with Crippen molar-refractivity contribution < 1.29 is 16.5 Å². The Kier molecular flexibility index (Phi) is 9.58. The molecule has 0 nitrogen and oxygen atoms in total. The molecule has 0 aromatic rings. The van der Waals surface area contributed by atoms with Crippen LogP contribution in [0.1, 0.15) is 38.5 Å². The molecule has 0 N–H and O–H groups in total. The van der Waals surface area contributed by atoms with Crippen molar-refractivity contribution in [3.8, 4) is 0 Å².